The van der Waals surface area contributed by atoms with Crippen molar-refractivity contribution < 1.29 is 8.78 Å². The van der Waals surface area contributed by atoms with Gasteiger partial charge in [-0.3, -0.25) is 0 Å². The Morgan fingerprint density at radius 3 is 2.00 bits per heavy atom. The third-order valence-electron chi connectivity index (χ3n) is 7.91. The molecule has 168 valence electrons. The molecule has 1 fully saturated rings. The molecule has 1 saturated carbocycles. The average molecular weight is 425 g/mol. The summed E-state index contributed by atoms with van der Waals surface area (Å²) in [6.45, 7) is 2.28. The van der Waals surface area contributed by atoms with E-state index in [2.05, 4.69) is 31.2 Å². The van der Waals surface area contributed by atoms with E-state index in [-0.39, 0.29) is 0 Å². The molecule has 2 aliphatic carbocycles. The molecule has 1 atom stereocenters. The second kappa shape index (κ2) is 10.7. The maximum absolute atomic E-state index is 13.7. The molecule has 4 rings (SSSR count). The molecule has 0 saturated heterocycles. The Bertz CT molecular complexity index is 831. The Labute approximate surface area is 187 Å². The maximum Gasteiger partial charge on any atom is 0.159 e. The maximum atomic E-state index is 13.7. The van der Waals surface area contributed by atoms with Crippen molar-refractivity contribution in [1.82, 2.24) is 0 Å². The summed E-state index contributed by atoms with van der Waals surface area (Å²) >= 11 is 0. The van der Waals surface area contributed by atoms with Crippen LogP contribution in [0.1, 0.15) is 112 Å². The quantitative estimate of drug-likeness (QED) is 0.371. The number of halogens is 2. The van der Waals surface area contributed by atoms with Crippen molar-refractivity contribution in [2.45, 2.75) is 102 Å². The molecular formula is C29H38F2. The van der Waals surface area contributed by atoms with Gasteiger partial charge in [0.15, 0.2) is 11.6 Å². The Morgan fingerprint density at radius 2 is 1.32 bits per heavy atom. The van der Waals surface area contributed by atoms with Crippen LogP contribution >= 0.6 is 0 Å². The fourth-order valence-electron chi connectivity index (χ4n) is 5.90. The van der Waals surface area contributed by atoms with Crippen LogP contribution in [0.2, 0.25) is 0 Å². The Balaban J connectivity index is 1.28. The summed E-state index contributed by atoms with van der Waals surface area (Å²) in [4.78, 5) is 0. The van der Waals surface area contributed by atoms with Gasteiger partial charge < -0.3 is 0 Å². The van der Waals surface area contributed by atoms with Crippen LogP contribution in [0.15, 0.2) is 36.4 Å². The standard InChI is InChI=1S/C29H38F2/c1-2-3-4-5-6-7-21-8-10-22(11-9-21)23-12-14-24(15-13-23)25-16-17-26-19-28(30)29(31)20-27(26)18-25/h12-15,19-22,25H,2-11,16-18H2,1H3. The third-order valence-corrected chi connectivity index (χ3v) is 7.91. The predicted molar refractivity (Wildman–Crippen MR) is 126 cm³/mol. The van der Waals surface area contributed by atoms with Gasteiger partial charge >= 0.3 is 0 Å². The monoisotopic (exact) mass is 424 g/mol. The highest BCUT2D eigenvalue weighted by molar-refractivity contribution is 5.36. The molecule has 0 bridgehead atoms. The van der Waals surface area contributed by atoms with Crippen molar-refractivity contribution in [3.8, 4) is 0 Å². The fourth-order valence-corrected chi connectivity index (χ4v) is 5.90. The van der Waals surface area contributed by atoms with Gasteiger partial charge in [-0.2, -0.15) is 0 Å². The van der Waals surface area contributed by atoms with Gasteiger partial charge in [0.2, 0.25) is 0 Å². The van der Waals surface area contributed by atoms with Crippen LogP contribution in [0.25, 0.3) is 0 Å². The van der Waals surface area contributed by atoms with Crippen molar-refractivity contribution in [2.24, 2.45) is 5.92 Å². The van der Waals surface area contributed by atoms with Gasteiger partial charge in [0.05, 0.1) is 0 Å². The first-order valence-corrected chi connectivity index (χ1v) is 12.7. The number of unbranched alkanes of at least 4 members (excludes halogenated alkanes) is 4. The van der Waals surface area contributed by atoms with Crippen molar-refractivity contribution >= 4 is 0 Å². The molecule has 2 aromatic carbocycles. The number of fused-ring (bicyclic) bond motifs is 1. The van der Waals surface area contributed by atoms with Gasteiger partial charge in [-0.05, 0) is 97.1 Å². The summed E-state index contributed by atoms with van der Waals surface area (Å²) in [7, 11) is 0. The van der Waals surface area contributed by atoms with E-state index in [0.717, 1.165) is 42.2 Å². The number of benzene rings is 2. The topological polar surface area (TPSA) is 0 Å². The molecule has 2 heteroatoms. The number of rotatable bonds is 8. The Kier molecular flexibility index (Phi) is 7.80. The lowest BCUT2D eigenvalue weighted by Gasteiger charge is -2.29. The third kappa shape index (κ3) is 5.76. The van der Waals surface area contributed by atoms with E-state index in [4.69, 9.17) is 0 Å². The molecule has 0 aromatic heterocycles. The normalized spacial score (nSPS) is 23.5. The fraction of sp³-hybridized carbons (Fsp3) is 0.586. The lowest BCUT2D eigenvalue weighted by molar-refractivity contribution is 0.302. The van der Waals surface area contributed by atoms with Gasteiger partial charge in [0.1, 0.15) is 0 Å². The first kappa shape index (κ1) is 22.5. The number of hydrogen-bond donors (Lipinski definition) is 0. The summed E-state index contributed by atoms with van der Waals surface area (Å²) in [5.41, 5.74) is 4.80. The molecule has 0 spiro atoms. The van der Waals surface area contributed by atoms with Gasteiger partial charge in [0, 0.05) is 0 Å². The van der Waals surface area contributed by atoms with E-state index < -0.39 is 11.6 Å². The predicted octanol–water partition coefficient (Wildman–Crippen LogP) is 8.87. The Hall–Kier alpha value is -1.70. The van der Waals surface area contributed by atoms with Crippen LogP contribution in [0.4, 0.5) is 8.78 Å². The first-order chi connectivity index (χ1) is 15.1. The second-order valence-corrected chi connectivity index (χ2v) is 10.1. The van der Waals surface area contributed by atoms with Crippen LogP contribution < -0.4 is 0 Å². The largest absolute Gasteiger partial charge is 0.204 e. The van der Waals surface area contributed by atoms with Crippen LogP contribution in [0.5, 0.6) is 0 Å². The average Bonchev–Trinajstić information content (AvgIpc) is 2.80. The van der Waals surface area contributed by atoms with Crippen molar-refractivity contribution in [2.75, 3.05) is 0 Å². The highest BCUT2D eigenvalue weighted by atomic mass is 19.2. The molecule has 0 N–H and O–H groups in total. The first-order valence-electron chi connectivity index (χ1n) is 12.7. The molecule has 0 radical (unpaired) electrons. The summed E-state index contributed by atoms with van der Waals surface area (Å²) in [5.74, 6) is 0.646. The number of aryl methyl sites for hydroxylation is 1. The molecule has 31 heavy (non-hydrogen) atoms. The summed E-state index contributed by atoms with van der Waals surface area (Å²) in [5, 5.41) is 0. The van der Waals surface area contributed by atoms with E-state index in [1.807, 2.05) is 0 Å². The summed E-state index contributed by atoms with van der Waals surface area (Å²) in [6, 6.07) is 12.1. The van der Waals surface area contributed by atoms with Crippen LogP contribution in [-0.2, 0) is 12.8 Å². The van der Waals surface area contributed by atoms with Crippen LogP contribution in [0, 0.1) is 17.6 Å². The minimum atomic E-state index is -0.716. The molecular weight excluding hydrogens is 386 g/mol. The van der Waals surface area contributed by atoms with E-state index in [1.54, 1.807) is 0 Å². The molecule has 0 heterocycles. The van der Waals surface area contributed by atoms with Crippen LogP contribution in [-0.4, -0.2) is 0 Å². The molecule has 1 unspecified atom stereocenters. The zero-order valence-corrected chi connectivity index (χ0v) is 19.1. The highest BCUT2D eigenvalue weighted by Crippen LogP contribution is 2.39. The molecule has 0 aliphatic heterocycles. The zero-order chi connectivity index (χ0) is 21.6. The summed E-state index contributed by atoms with van der Waals surface area (Å²) in [6.07, 6.45) is 16.5. The van der Waals surface area contributed by atoms with Crippen molar-refractivity contribution in [3.05, 3.63) is 70.3 Å². The van der Waals surface area contributed by atoms with Crippen molar-refractivity contribution in [1.29, 1.82) is 0 Å². The lowest BCUT2D eigenvalue weighted by atomic mass is 9.76. The lowest BCUT2D eigenvalue weighted by Crippen LogP contribution is -2.15. The van der Waals surface area contributed by atoms with Crippen LogP contribution in [0.3, 0.4) is 0 Å². The minimum absolute atomic E-state index is 0.412. The number of hydrogen-bond acceptors (Lipinski definition) is 0. The van der Waals surface area contributed by atoms with Gasteiger partial charge in [-0.25, -0.2) is 8.78 Å². The van der Waals surface area contributed by atoms with E-state index in [0.29, 0.717) is 5.92 Å². The molecule has 0 nitrogen and oxygen atoms in total. The molecule has 0 amide bonds. The van der Waals surface area contributed by atoms with E-state index in [1.165, 1.54) is 87.5 Å². The highest BCUT2D eigenvalue weighted by Gasteiger charge is 2.24. The molecule has 2 aliphatic rings. The van der Waals surface area contributed by atoms with Gasteiger partial charge in [-0.1, -0.05) is 69.7 Å². The van der Waals surface area contributed by atoms with E-state index >= 15 is 0 Å². The Morgan fingerprint density at radius 1 is 0.710 bits per heavy atom. The second-order valence-electron chi connectivity index (χ2n) is 10.1. The molecule has 2 aromatic rings. The smallest absolute Gasteiger partial charge is 0.159 e. The zero-order valence-electron chi connectivity index (χ0n) is 19.1. The van der Waals surface area contributed by atoms with Gasteiger partial charge in [-0.15, -0.1) is 0 Å². The van der Waals surface area contributed by atoms with E-state index in [9.17, 15) is 8.78 Å². The minimum Gasteiger partial charge on any atom is -0.204 e. The van der Waals surface area contributed by atoms with Gasteiger partial charge in [0.25, 0.3) is 0 Å². The summed E-state index contributed by atoms with van der Waals surface area (Å²) < 4.78 is 27.2. The van der Waals surface area contributed by atoms with Crippen molar-refractivity contribution in [3.63, 3.8) is 0 Å². The SMILES string of the molecule is CCCCCCCC1CCC(c2ccc(C3CCc4cc(F)c(F)cc4C3)cc2)CC1.